The van der Waals surface area contributed by atoms with Crippen LogP contribution in [-0.4, -0.2) is 39.9 Å². The summed E-state index contributed by atoms with van der Waals surface area (Å²) < 4.78 is 0. The van der Waals surface area contributed by atoms with Crippen molar-refractivity contribution in [2.24, 2.45) is 0 Å². The van der Waals surface area contributed by atoms with E-state index >= 15 is 0 Å². The number of fused-ring (bicyclic) bond motifs is 2. The van der Waals surface area contributed by atoms with Gasteiger partial charge in [-0.25, -0.2) is 4.79 Å². The summed E-state index contributed by atoms with van der Waals surface area (Å²) in [5.74, 6) is -0.929. The lowest BCUT2D eigenvalue weighted by Gasteiger charge is -2.33. The summed E-state index contributed by atoms with van der Waals surface area (Å²) in [5.41, 5.74) is 2.64. The zero-order chi connectivity index (χ0) is 20.9. The number of nitrogens with zero attached hydrogens (tertiary/aromatic N) is 1. The van der Waals surface area contributed by atoms with Crippen molar-refractivity contribution in [3.05, 3.63) is 57.9 Å². The third kappa shape index (κ3) is 2.80. The molecule has 1 spiro atoms. The number of Topliss-reactive ketones (excluding diaryl/α,β-unsaturated/α-hetero) is 2. The lowest BCUT2D eigenvalue weighted by Crippen LogP contribution is -2.46. The molecule has 4 rings (SSSR count). The fourth-order valence-corrected chi connectivity index (χ4v) is 4.73. The van der Waals surface area contributed by atoms with Crippen molar-refractivity contribution in [2.45, 2.75) is 45.6 Å². The van der Waals surface area contributed by atoms with E-state index in [1.807, 2.05) is 24.3 Å². The SMILES string of the molecule is CC(=O)c1c(C)[nH]c(C(=O)CN2C(=O)N[C@]3(CCCc4ccccc43)C2=O)c1C. The first-order chi connectivity index (χ1) is 13.8. The van der Waals surface area contributed by atoms with E-state index < -0.39 is 23.3 Å². The number of H-pyrrole nitrogens is 1. The first kappa shape index (κ1) is 19.1. The average Bonchev–Trinajstić information content (AvgIpc) is 3.10. The second-order valence-corrected chi connectivity index (χ2v) is 7.84. The van der Waals surface area contributed by atoms with E-state index in [4.69, 9.17) is 0 Å². The van der Waals surface area contributed by atoms with Crippen LogP contribution in [0.1, 0.15) is 63.0 Å². The van der Waals surface area contributed by atoms with E-state index in [0.717, 1.165) is 28.9 Å². The van der Waals surface area contributed by atoms with Gasteiger partial charge in [-0.05, 0) is 56.7 Å². The van der Waals surface area contributed by atoms with Gasteiger partial charge in [0.15, 0.2) is 11.6 Å². The lowest BCUT2D eigenvalue weighted by molar-refractivity contribution is -0.131. The molecule has 1 aliphatic carbocycles. The fraction of sp³-hybridized carbons (Fsp3) is 0.364. The zero-order valence-electron chi connectivity index (χ0n) is 16.7. The third-order valence-electron chi connectivity index (χ3n) is 6.02. The molecule has 2 heterocycles. The molecule has 7 nitrogen and oxygen atoms in total. The molecule has 0 saturated carbocycles. The highest BCUT2D eigenvalue weighted by molar-refractivity contribution is 6.12. The molecule has 1 saturated heterocycles. The van der Waals surface area contributed by atoms with Gasteiger partial charge < -0.3 is 10.3 Å². The number of nitrogens with one attached hydrogen (secondary N) is 2. The van der Waals surface area contributed by atoms with Crippen LogP contribution in [0.2, 0.25) is 0 Å². The maximum atomic E-state index is 13.3. The summed E-state index contributed by atoms with van der Waals surface area (Å²) in [6.45, 7) is 4.49. The zero-order valence-corrected chi connectivity index (χ0v) is 16.7. The normalized spacial score (nSPS) is 20.7. The van der Waals surface area contributed by atoms with Crippen molar-refractivity contribution in [3.63, 3.8) is 0 Å². The molecule has 3 amide bonds. The first-order valence-electron chi connectivity index (χ1n) is 9.72. The molecule has 0 radical (unpaired) electrons. The molecular weight excluding hydrogens is 370 g/mol. The number of hydrogen-bond acceptors (Lipinski definition) is 4. The molecule has 1 aromatic heterocycles. The molecular formula is C22H23N3O4. The Morgan fingerprint density at radius 1 is 1.17 bits per heavy atom. The Labute approximate surface area is 168 Å². The second-order valence-electron chi connectivity index (χ2n) is 7.84. The molecule has 1 fully saturated rings. The predicted octanol–water partition coefficient (Wildman–Crippen LogP) is 2.80. The number of aromatic amines is 1. The number of hydrogen-bond donors (Lipinski definition) is 2. The predicted molar refractivity (Wildman–Crippen MR) is 106 cm³/mol. The van der Waals surface area contributed by atoms with E-state index in [2.05, 4.69) is 10.3 Å². The molecule has 150 valence electrons. The van der Waals surface area contributed by atoms with Gasteiger partial charge >= 0.3 is 6.03 Å². The van der Waals surface area contributed by atoms with Crippen LogP contribution in [0.25, 0.3) is 0 Å². The maximum Gasteiger partial charge on any atom is 0.325 e. The minimum Gasteiger partial charge on any atom is -0.355 e. The smallest absolute Gasteiger partial charge is 0.325 e. The summed E-state index contributed by atoms with van der Waals surface area (Å²) in [7, 11) is 0. The number of carbonyl (C=O) groups is 4. The van der Waals surface area contributed by atoms with Crippen LogP contribution in [0.5, 0.6) is 0 Å². The number of carbonyl (C=O) groups excluding carboxylic acids is 4. The van der Waals surface area contributed by atoms with Crippen LogP contribution in [-0.2, 0) is 16.8 Å². The van der Waals surface area contributed by atoms with Crippen LogP contribution >= 0.6 is 0 Å². The number of aryl methyl sites for hydroxylation is 2. The summed E-state index contributed by atoms with van der Waals surface area (Å²) in [4.78, 5) is 54.7. The van der Waals surface area contributed by atoms with Gasteiger partial charge in [-0.3, -0.25) is 19.3 Å². The summed E-state index contributed by atoms with van der Waals surface area (Å²) >= 11 is 0. The van der Waals surface area contributed by atoms with Crippen LogP contribution in [0.3, 0.4) is 0 Å². The summed E-state index contributed by atoms with van der Waals surface area (Å²) in [5, 5.41) is 2.85. The molecule has 1 atom stereocenters. The van der Waals surface area contributed by atoms with Crippen molar-refractivity contribution in [3.8, 4) is 0 Å². The molecule has 29 heavy (non-hydrogen) atoms. The summed E-state index contributed by atoms with van der Waals surface area (Å²) in [6, 6.07) is 7.05. The van der Waals surface area contributed by atoms with Crippen molar-refractivity contribution in [1.29, 1.82) is 0 Å². The highest BCUT2D eigenvalue weighted by Crippen LogP contribution is 2.39. The van der Waals surface area contributed by atoms with E-state index in [9.17, 15) is 19.2 Å². The number of amides is 3. The number of aromatic nitrogens is 1. The third-order valence-corrected chi connectivity index (χ3v) is 6.02. The van der Waals surface area contributed by atoms with Gasteiger partial charge in [-0.2, -0.15) is 0 Å². The molecule has 0 unspecified atom stereocenters. The van der Waals surface area contributed by atoms with Crippen LogP contribution in [0.15, 0.2) is 24.3 Å². The van der Waals surface area contributed by atoms with Gasteiger partial charge in [0, 0.05) is 11.3 Å². The quantitative estimate of drug-likeness (QED) is 0.616. The molecule has 7 heteroatoms. The van der Waals surface area contributed by atoms with Gasteiger partial charge in [-0.15, -0.1) is 0 Å². The van der Waals surface area contributed by atoms with Crippen molar-refractivity contribution in [2.75, 3.05) is 6.54 Å². The Bertz CT molecular complexity index is 1070. The van der Waals surface area contributed by atoms with Gasteiger partial charge in [-0.1, -0.05) is 24.3 Å². The number of benzene rings is 1. The van der Waals surface area contributed by atoms with Gasteiger partial charge in [0.05, 0.1) is 12.2 Å². The van der Waals surface area contributed by atoms with Crippen LogP contribution in [0, 0.1) is 13.8 Å². The van der Waals surface area contributed by atoms with E-state index in [0.29, 0.717) is 23.2 Å². The van der Waals surface area contributed by atoms with E-state index in [-0.39, 0.29) is 18.0 Å². The number of rotatable bonds is 4. The minimum absolute atomic E-state index is 0.136. The van der Waals surface area contributed by atoms with Gasteiger partial charge in [0.1, 0.15) is 5.54 Å². The van der Waals surface area contributed by atoms with E-state index in [1.165, 1.54) is 6.92 Å². The standard InChI is InChI=1S/C22H23N3O4/c1-12-18(14(3)26)13(2)23-19(12)17(27)11-25-20(28)22(24-21(25)29)10-6-8-15-7-4-5-9-16(15)22/h4-5,7,9,23H,6,8,10-11H2,1-3H3,(H,24,29)/t22-/m0/s1. The van der Waals surface area contributed by atoms with Crippen LogP contribution < -0.4 is 5.32 Å². The average molecular weight is 393 g/mol. The van der Waals surface area contributed by atoms with Crippen molar-refractivity contribution in [1.82, 2.24) is 15.2 Å². The fourth-order valence-electron chi connectivity index (χ4n) is 4.73. The Morgan fingerprint density at radius 2 is 1.90 bits per heavy atom. The highest BCUT2D eigenvalue weighted by Gasteiger charge is 2.54. The molecule has 2 aliphatic rings. The van der Waals surface area contributed by atoms with Gasteiger partial charge in [0.25, 0.3) is 5.91 Å². The maximum absolute atomic E-state index is 13.3. The molecule has 1 aromatic carbocycles. The Morgan fingerprint density at radius 3 is 2.59 bits per heavy atom. The second kappa shape index (κ2) is 6.69. The monoisotopic (exact) mass is 393 g/mol. The largest absolute Gasteiger partial charge is 0.355 e. The molecule has 2 N–H and O–H groups in total. The Hall–Kier alpha value is -3.22. The number of urea groups is 1. The first-order valence-corrected chi connectivity index (χ1v) is 9.72. The number of imide groups is 1. The lowest BCUT2D eigenvalue weighted by atomic mass is 9.76. The Kier molecular flexibility index (Phi) is 4.41. The molecule has 2 aromatic rings. The topological polar surface area (TPSA) is 99.3 Å². The van der Waals surface area contributed by atoms with Crippen molar-refractivity contribution < 1.29 is 19.2 Å². The molecule has 1 aliphatic heterocycles. The molecule has 0 bridgehead atoms. The Balaban J connectivity index is 1.64. The van der Waals surface area contributed by atoms with E-state index in [1.54, 1.807) is 13.8 Å². The van der Waals surface area contributed by atoms with Crippen molar-refractivity contribution >= 4 is 23.5 Å². The van der Waals surface area contributed by atoms with Crippen LogP contribution in [0.4, 0.5) is 4.79 Å². The van der Waals surface area contributed by atoms with Gasteiger partial charge in [0.2, 0.25) is 0 Å². The highest BCUT2D eigenvalue weighted by atomic mass is 16.2. The summed E-state index contributed by atoms with van der Waals surface area (Å²) in [6.07, 6.45) is 2.14. The minimum atomic E-state index is -1.10. The number of ketones is 2.